The van der Waals surface area contributed by atoms with Crippen molar-refractivity contribution in [2.24, 2.45) is 7.05 Å². The maximum Gasteiger partial charge on any atom is 0.408 e. The summed E-state index contributed by atoms with van der Waals surface area (Å²) >= 11 is 9.73. The van der Waals surface area contributed by atoms with E-state index in [1.807, 2.05) is 24.3 Å². The second kappa shape index (κ2) is 10.4. The van der Waals surface area contributed by atoms with Crippen molar-refractivity contribution in [3.05, 3.63) is 63.7 Å². The molecular weight excluding hydrogens is 510 g/mol. The highest BCUT2D eigenvalue weighted by Crippen LogP contribution is 2.24. The largest absolute Gasteiger partial charge is 0.444 e. The van der Waals surface area contributed by atoms with Gasteiger partial charge in [0.25, 0.3) is 0 Å². The van der Waals surface area contributed by atoms with Crippen LogP contribution in [-0.4, -0.2) is 38.6 Å². The van der Waals surface area contributed by atoms with Gasteiger partial charge in [0.05, 0.1) is 11.9 Å². The average molecular weight is 539 g/mol. The van der Waals surface area contributed by atoms with Gasteiger partial charge < -0.3 is 15.4 Å². The highest BCUT2D eigenvalue weighted by Gasteiger charge is 2.26. The van der Waals surface area contributed by atoms with Crippen molar-refractivity contribution in [1.82, 2.24) is 20.3 Å². The lowest BCUT2D eigenvalue weighted by Gasteiger charge is -2.23. The molecule has 1 atom stereocenters. The number of nitrogens with one attached hydrogen (secondary N) is 2. The first kappa shape index (κ1) is 24.7. The van der Waals surface area contributed by atoms with Gasteiger partial charge in [-0.1, -0.05) is 44.9 Å². The van der Waals surface area contributed by atoms with Crippen molar-refractivity contribution in [2.75, 3.05) is 5.32 Å². The van der Waals surface area contributed by atoms with Crippen molar-refractivity contribution in [2.45, 2.75) is 38.8 Å². The van der Waals surface area contributed by atoms with E-state index in [2.05, 4.69) is 36.9 Å². The minimum Gasteiger partial charge on any atom is -0.444 e. The van der Waals surface area contributed by atoms with Gasteiger partial charge in [0.15, 0.2) is 0 Å². The maximum atomic E-state index is 13.1. The smallest absolute Gasteiger partial charge is 0.408 e. The number of hydrogen-bond donors (Lipinski definition) is 2. The van der Waals surface area contributed by atoms with Gasteiger partial charge in [-0.05, 0) is 56.7 Å². The number of halogens is 2. The van der Waals surface area contributed by atoms with E-state index in [1.54, 1.807) is 56.9 Å². The molecule has 3 rings (SSSR count). The van der Waals surface area contributed by atoms with Gasteiger partial charge in [0.1, 0.15) is 11.6 Å². The third-order valence-corrected chi connectivity index (χ3v) is 5.46. The molecular formula is C23H29BrClN5O3. The third kappa shape index (κ3) is 7.03. The van der Waals surface area contributed by atoms with Crippen LogP contribution >= 0.6 is 27.5 Å². The van der Waals surface area contributed by atoms with Crippen LogP contribution in [0, 0.1) is 0 Å². The minimum atomic E-state index is -0.910. The molecule has 178 valence electrons. The van der Waals surface area contributed by atoms with Crippen LogP contribution in [0.3, 0.4) is 0 Å². The zero-order valence-electron chi connectivity index (χ0n) is 18.7. The van der Waals surface area contributed by atoms with Crippen LogP contribution in [0.1, 0.15) is 29.2 Å². The molecule has 0 aliphatic rings. The van der Waals surface area contributed by atoms with Crippen LogP contribution in [0.25, 0.3) is 11.3 Å². The van der Waals surface area contributed by atoms with Crippen molar-refractivity contribution >= 4 is 45.2 Å². The van der Waals surface area contributed by atoms with Gasteiger partial charge in [0, 0.05) is 37.1 Å². The van der Waals surface area contributed by atoms with E-state index in [-0.39, 0.29) is 9.27 Å². The lowest BCUT2D eigenvalue weighted by Crippen LogP contribution is -2.47. The molecule has 2 aromatic carbocycles. The zero-order chi connectivity index (χ0) is 24.2. The highest BCUT2D eigenvalue weighted by molar-refractivity contribution is 9.10. The normalized spacial score (nSPS) is 12.2. The summed E-state index contributed by atoms with van der Waals surface area (Å²) in [5.41, 5.74) is 2.35. The zero-order valence-corrected chi connectivity index (χ0v) is 21.1. The molecule has 2 N–H and O–H groups in total. The number of rotatable bonds is 6. The van der Waals surface area contributed by atoms with E-state index in [0.717, 1.165) is 15.7 Å². The van der Waals surface area contributed by atoms with E-state index in [1.165, 1.54) is 0 Å². The van der Waals surface area contributed by atoms with Gasteiger partial charge in [-0.15, -0.1) is 5.10 Å². The molecule has 8 nitrogen and oxygen atoms in total. The van der Waals surface area contributed by atoms with Gasteiger partial charge in [-0.2, -0.15) is 0 Å². The fourth-order valence-electron chi connectivity index (χ4n) is 3.08. The number of hydrogen-bond acceptors (Lipinski definition) is 5. The first-order valence-electron chi connectivity index (χ1n) is 10.2. The fraction of sp³-hybridized carbons (Fsp3) is 0.304. The summed E-state index contributed by atoms with van der Waals surface area (Å²) in [5, 5.41) is 13.8. The van der Waals surface area contributed by atoms with Crippen LogP contribution in [0.2, 0.25) is 5.02 Å². The van der Waals surface area contributed by atoms with Crippen molar-refractivity contribution in [3.63, 3.8) is 0 Å². The summed E-state index contributed by atoms with van der Waals surface area (Å²) in [5.74, 6) is -0.396. The van der Waals surface area contributed by atoms with Crippen LogP contribution in [-0.2, 0) is 23.0 Å². The summed E-state index contributed by atoms with van der Waals surface area (Å²) in [6.07, 6.45) is 1.16. The second-order valence-electron chi connectivity index (χ2n) is 8.45. The SMILES string of the molecule is Cn1nncc1-c1ccc(NC(=O)C(Cc2cc(Br)ccc2Cl)NC(=O)OC(C)(C)C)cc1.[HH].[HH]. The maximum absolute atomic E-state index is 13.1. The summed E-state index contributed by atoms with van der Waals surface area (Å²) in [4.78, 5) is 25.5. The molecule has 0 aliphatic heterocycles. The summed E-state index contributed by atoms with van der Waals surface area (Å²) in [6.45, 7) is 5.27. The molecule has 0 spiro atoms. The Bertz CT molecular complexity index is 1150. The Labute approximate surface area is 208 Å². The monoisotopic (exact) mass is 537 g/mol. The van der Waals surface area contributed by atoms with Crippen LogP contribution in [0.15, 0.2) is 53.1 Å². The predicted molar refractivity (Wildman–Crippen MR) is 135 cm³/mol. The lowest BCUT2D eigenvalue weighted by atomic mass is 10.0. The lowest BCUT2D eigenvalue weighted by molar-refractivity contribution is -0.118. The first-order chi connectivity index (χ1) is 15.5. The number of amides is 2. The fourth-order valence-corrected chi connectivity index (χ4v) is 3.69. The number of aryl methyl sites for hydroxylation is 1. The average Bonchev–Trinajstić information content (AvgIpc) is 3.15. The van der Waals surface area contributed by atoms with Gasteiger partial charge in [-0.25, -0.2) is 9.48 Å². The van der Waals surface area contributed by atoms with E-state index >= 15 is 0 Å². The number of carbonyl (C=O) groups excluding carboxylic acids is 2. The number of anilines is 1. The standard InChI is InChI=1S/C23H25BrClN5O3.2H2/c1-23(2,3)33-22(32)28-19(12-15-11-16(24)7-10-18(15)25)21(31)27-17-8-5-14(6-9-17)20-13-26-29-30(20)4;;/h5-11,13,19H,12H2,1-4H3,(H,27,31)(H,28,32);2*1H. The van der Waals surface area contributed by atoms with Crippen LogP contribution in [0.4, 0.5) is 10.5 Å². The summed E-state index contributed by atoms with van der Waals surface area (Å²) in [6, 6.07) is 11.7. The van der Waals surface area contributed by atoms with Crippen molar-refractivity contribution in [3.8, 4) is 11.3 Å². The molecule has 1 heterocycles. The van der Waals surface area contributed by atoms with Gasteiger partial charge >= 0.3 is 6.09 Å². The molecule has 0 bridgehead atoms. The number of alkyl carbamates (subject to hydrolysis) is 1. The van der Waals surface area contributed by atoms with E-state index in [9.17, 15) is 9.59 Å². The highest BCUT2D eigenvalue weighted by atomic mass is 79.9. The molecule has 0 aliphatic carbocycles. The summed E-state index contributed by atoms with van der Waals surface area (Å²) in [7, 11) is 1.80. The Hall–Kier alpha value is -2.91. The summed E-state index contributed by atoms with van der Waals surface area (Å²) < 4.78 is 7.82. The molecule has 0 saturated heterocycles. The number of aromatic nitrogens is 3. The molecule has 0 radical (unpaired) electrons. The molecule has 10 heteroatoms. The quantitative estimate of drug-likeness (QED) is 0.434. The number of nitrogens with zero attached hydrogens (tertiary/aromatic N) is 3. The third-order valence-electron chi connectivity index (χ3n) is 4.60. The van der Waals surface area contributed by atoms with Gasteiger partial charge in [-0.3, -0.25) is 4.79 Å². The number of benzene rings is 2. The van der Waals surface area contributed by atoms with E-state index in [4.69, 9.17) is 16.3 Å². The predicted octanol–water partition coefficient (Wildman–Crippen LogP) is 5.46. The Morgan fingerprint density at radius 1 is 1.21 bits per heavy atom. The van der Waals surface area contributed by atoms with Crippen molar-refractivity contribution in [1.29, 1.82) is 0 Å². The van der Waals surface area contributed by atoms with Gasteiger partial charge in [0.2, 0.25) is 5.91 Å². The van der Waals surface area contributed by atoms with Crippen LogP contribution in [0.5, 0.6) is 0 Å². The van der Waals surface area contributed by atoms with E-state index in [0.29, 0.717) is 16.3 Å². The number of ether oxygens (including phenoxy) is 1. The minimum absolute atomic E-state index is 0. The molecule has 0 saturated carbocycles. The Morgan fingerprint density at radius 2 is 1.91 bits per heavy atom. The molecule has 2 amide bonds. The Kier molecular flexibility index (Phi) is 7.76. The number of carbonyl (C=O) groups is 2. The first-order valence-corrected chi connectivity index (χ1v) is 11.4. The van der Waals surface area contributed by atoms with Crippen molar-refractivity contribution < 1.29 is 17.2 Å². The molecule has 1 unspecified atom stereocenters. The molecule has 1 aromatic heterocycles. The Balaban J connectivity index is 0.00000306. The molecule has 0 fully saturated rings. The second-order valence-corrected chi connectivity index (χ2v) is 9.77. The topological polar surface area (TPSA) is 98.1 Å². The van der Waals surface area contributed by atoms with Crippen LogP contribution < -0.4 is 10.6 Å². The molecule has 3 aromatic rings. The Morgan fingerprint density at radius 3 is 2.52 bits per heavy atom. The van der Waals surface area contributed by atoms with E-state index < -0.39 is 23.6 Å². The molecule has 33 heavy (non-hydrogen) atoms.